The lowest BCUT2D eigenvalue weighted by Crippen LogP contribution is -2.46. The Morgan fingerprint density at radius 3 is 2.65 bits per heavy atom. The molecular formula is C15H20N4O. The van der Waals surface area contributed by atoms with Gasteiger partial charge in [-0.2, -0.15) is 0 Å². The number of fused-ring (bicyclic) bond motifs is 1. The van der Waals surface area contributed by atoms with Crippen molar-refractivity contribution >= 4 is 16.7 Å². The zero-order valence-electron chi connectivity index (χ0n) is 11.9. The Morgan fingerprint density at radius 2 is 1.95 bits per heavy atom. The Balaban J connectivity index is 2.08. The van der Waals surface area contributed by atoms with Crippen LogP contribution in [0.25, 0.3) is 11.0 Å². The Hall–Kier alpha value is -1.88. The molecule has 0 bridgehead atoms. The number of rotatable bonds is 2. The average molecular weight is 272 g/mol. The van der Waals surface area contributed by atoms with Crippen molar-refractivity contribution in [1.29, 1.82) is 0 Å². The zero-order valence-corrected chi connectivity index (χ0v) is 11.9. The Morgan fingerprint density at radius 1 is 1.20 bits per heavy atom. The van der Waals surface area contributed by atoms with Crippen LogP contribution in [-0.4, -0.2) is 36.2 Å². The highest BCUT2D eigenvalue weighted by molar-refractivity contribution is 5.92. The first-order chi connectivity index (χ1) is 9.69. The summed E-state index contributed by atoms with van der Waals surface area (Å²) < 4.78 is 5.37. The van der Waals surface area contributed by atoms with Crippen LogP contribution in [0.4, 0.5) is 5.69 Å². The van der Waals surface area contributed by atoms with Crippen LogP contribution in [0, 0.1) is 5.92 Å². The highest BCUT2D eigenvalue weighted by Gasteiger charge is 2.24. The van der Waals surface area contributed by atoms with Gasteiger partial charge >= 0.3 is 0 Å². The number of anilines is 1. The van der Waals surface area contributed by atoms with Gasteiger partial charge in [0.15, 0.2) is 0 Å². The maximum Gasteiger partial charge on any atom is 0.146 e. The molecule has 1 aliphatic rings. The van der Waals surface area contributed by atoms with Gasteiger partial charge in [0.1, 0.15) is 16.8 Å². The van der Waals surface area contributed by atoms with E-state index in [1.165, 1.54) is 0 Å². The van der Waals surface area contributed by atoms with E-state index in [1.807, 2.05) is 6.07 Å². The molecule has 1 aliphatic heterocycles. The Kier molecular flexibility index (Phi) is 3.44. The summed E-state index contributed by atoms with van der Waals surface area (Å²) in [5, 5.41) is 0. The van der Waals surface area contributed by atoms with Crippen molar-refractivity contribution in [1.82, 2.24) is 9.97 Å². The highest BCUT2D eigenvalue weighted by Crippen LogP contribution is 2.32. The lowest BCUT2D eigenvalue weighted by atomic mass is 9.96. The van der Waals surface area contributed by atoms with Gasteiger partial charge in [-0.05, 0) is 24.5 Å². The van der Waals surface area contributed by atoms with Crippen molar-refractivity contribution in [2.24, 2.45) is 11.7 Å². The molecule has 3 rings (SSSR count). The topological polar surface area (TPSA) is 64.3 Å². The molecule has 0 amide bonds. The summed E-state index contributed by atoms with van der Waals surface area (Å²) in [4.78, 5) is 11.2. The molecule has 1 aromatic heterocycles. The molecule has 0 radical (unpaired) electrons. The molecule has 1 fully saturated rings. The van der Waals surface area contributed by atoms with Gasteiger partial charge in [-0.1, -0.05) is 6.92 Å². The van der Waals surface area contributed by atoms with E-state index in [9.17, 15) is 0 Å². The van der Waals surface area contributed by atoms with Crippen molar-refractivity contribution in [3.63, 3.8) is 0 Å². The predicted octanol–water partition coefficient (Wildman–Crippen LogP) is 1.81. The molecule has 1 aromatic carbocycles. The van der Waals surface area contributed by atoms with Gasteiger partial charge in [-0.25, -0.2) is 4.98 Å². The standard InChI is InChI=1S/C15H20N4O/c1-10-7-11(16)9-19(8-10)12-3-4-13(20-2)15-14(12)17-5-6-18-15/h3-6,10-11H,7-9,16H2,1-2H3/t10-,11+/m0/s1. The molecule has 1 saturated heterocycles. The third-order valence-electron chi connectivity index (χ3n) is 3.82. The van der Waals surface area contributed by atoms with E-state index < -0.39 is 0 Å². The number of piperidine rings is 1. The van der Waals surface area contributed by atoms with Crippen molar-refractivity contribution in [3.8, 4) is 5.75 Å². The van der Waals surface area contributed by atoms with Gasteiger partial charge in [-0.15, -0.1) is 0 Å². The maximum atomic E-state index is 6.15. The molecule has 0 saturated carbocycles. The normalized spacial score (nSPS) is 23.1. The summed E-state index contributed by atoms with van der Waals surface area (Å²) in [7, 11) is 1.65. The Labute approximate surface area is 118 Å². The van der Waals surface area contributed by atoms with Gasteiger partial charge < -0.3 is 15.4 Å². The molecule has 106 valence electrons. The van der Waals surface area contributed by atoms with Gasteiger partial charge in [0.05, 0.1) is 12.8 Å². The number of aromatic nitrogens is 2. The average Bonchev–Trinajstić information content (AvgIpc) is 2.45. The minimum Gasteiger partial charge on any atom is -0.494 e. The molecule has 2 heterocycles. The van der Waals surface area contributed by atoms with Gasteiger partial charge in [0.25, 0.3) is 0 Å². The molecule has 2 N–H and O–H groups in total. The lowest BCUT2D eigenvalue weighted by molar-refractivity contribution is 0.401. The van der Waals surface area contributed by atoms with Crippen LogP contribution in [0.2, 0.25) is 0 Å². The first-order valence-electron chi connectivity index (χ1n) is 6.97. The van der Waals surface area contributed by atoms with Gasteiger partial charge in [-0.3, -0.25) is 4.98 Å². The number of hydrogen-bond acceptors (Lipinski definition) is 5. The van der Waals surface area contributed by atoms with Crippen molar-refractivity contribution in [2.75, 3.05) is 25.1 Å². The van der Waals surface area contributed by atoms with E-state index in [0.717, 1.165) is 42.0 Å². The van der Waals surface area contributed by atoms with Crippen LogP contribution >= 0.6 is 0 Å². The Bertz CT molecular complexity index is 606. The fraction of sp³-hybridized carbons (Fsp3) is 0.467. The van der Waals surface area contributed by atoms with Crippen molar-refractivity contribution in [3.05, 3.63) is 24.5 Å². The second-order valence-electron chi connectivity index (χ2n) is 5.55. The third-order valence-corrected chi connectivity index (χ3v) is 3.82. The second-order valence-corrected chi connectivity index (χ2v) is 5.55. The molecular weight excluding hydrogens is 252 g/mol. The smallest absolute Gasteiger partial charge is 0.146 e. The van der Waals surface area contributed by atoms with Crippen LogP contribution < -0.4 is 15.4 Å². The summed E-state index contributed by atoms with van der Waals surface area (Å²) in [6.45, 7) is 4.11. The van der Waals surface area contributed by atoms with Gasteiger partial charge in [0.2, 0.25) is 0 Å². The monoisotopic (exact) mass is 272 g/mol. The summed E-state index contributed by atoms with van der Waals surface area (Å²) in [5.41, 5.74) is 8.93. The fourth-order valence-electron chi connectivity index (χ4n) is 3.03. The minimum atomic E-state index is 0.215. The maximum absolute atomic E-state index is 6.15. The highest BCUT2D eigenvalue weighted by atomic mass is 16.5. The molecule has 5 nitrogen and oxygen atoms in total. The van der Waals surface area contributed by atoms with E-state index in [1.54, 1.807) is 19.5 Å². The number of ether oxygens (including phenoxy) is 1. The van der Waals surface area contributed by atoms with Crippen LogP contribution in [0.15, 0.2) is 24.5 Å². The second kappa shape index (κ2) is 5.25. The van der Waals surface area contributed by atoms with Crippen LogP contribution in [-0.2, 0) is 0 Å². The number of hydrogen-bond donors (Lipinski definition) is 1. The van der Waals surface area contributed by atoms with E-state index in [2.05, 4.69) is 27.9 Å². The van der Waals surface area contributed by atoms with Crippen LogP contribution in [0.5, 0.6) is 5.75 Å². The van der Waals surface area contributed by atoms with Crippen molar-refractivity contribution in [2.45, 2.75) is 19.4 Å². The zero-order chi connectivity index (χ0) is 14.1. The summed E-state index contributed by atoms with van der Waals surface area (Å²) >= 11 is 0. The van der Waals surface area contributed by atoms with E-state index in [-0.39, 0.29) is 6.04 Å². The summed E-state index contributed by atoms with van der Waals surface area (Å²) in [6, 6.07) is 4.23. The first kappa shape index (κ1) is 13.1. The molecule has 5 heteroatoms. The molecule has 0 unspecified atom stereocenters. The van der Waals surface area contributed by atoms with E-state index >= 15 is 0 Å². The molecule has 2 atom stereocenters. The lowest BCUT2D eigenvalue weighted by Gasteiger charge is -2.36. The van der Waals surface area contributed by atoms with Crippen LogP contribution in [0.3, 0.4) is 0 Å². The minimum absolute atomic E-state index is 0.215. The molecule has 20 heavy (non-hydrogen) atoms. The van der Waals surface area contributed by atoms with Crippen molar-refractivity contribution < 1.29 is 4.74 Å². The molecule has 0 spiro atoms. The third kappa shape index (κ3) is 2.29. The molecule has 2 aromatic rings. The number of nitrogens with zero attached hydrogens (tertiary/aromatic N) is 3. The number of methoxy groups -OCH3 is 1. The van der Waals surface area contributed by atoms with E-state index in [4.69, 9.17) is 10.5 Å². The van der Waals surface area contributed by atoms with E-state index in [0.29, 0.717) is 5.92 Å². The quantitative estimate of drug-likeness (QED) is 0.903. The SMILES string of the molecule is COc1ccc(N2C[C@@H](C)C[C@@H](N)C2)c2nccnc12. The predicted molar refractivity (Wildman–Crippen MR) is 80.1 cm³/mol. The van der Waals surface area contributed by atoms with Gasteiger partial charge in [0, 0.05) is 31.5 Å². The first-order valence-corrected chi connectivity index (χ1v) is 6.97. The summed E-state index contributed by atoms with van der Waals surface area (Å²) in [6.07, 6.45) is 4.49. The largest absolute Gasteiger partial charge is 0.494 e. The van der Waals surface area contributed by atoms with Crippen LogP contribution in [0.1, 0.15) is 13.3 Å². The fourth-order valence-corrected chi connectivity index (χ4v) is 3.03. The number of benzene rings is 1. The number of nitrogens with two attached hydrogens (primary N) is 1. The summed E-state index contributed by atoms with van der Waals surface area (Å²) in [5.74, 6) is 1.35. The molecule has 0 aliphatic carbocycles.